The van der Waals surface area contributed by atoms with Gasteiger partial charge in [0.1, 0.15) is 0 Å². The van der Waals surface area contributed by atoms with E-state index in [0.717, 1.165) is 30.0 Å². The van der Waals surface area contributed by atoms with Crippen molar-refractivity contribution < 1.29 is 19.0 Å². The minimum Gasteiger partial charge on any atom is -0.493 e. The van der Waals surface area contributed by atoms with Crippen LogP contribution in [0.1, 0.15) is 24.4 Å². The monoisotopic (exact) mass is 404 g/mol. The Morgan fingerprint density at radius 3 is 2.43 bits per heavy atom. The van der Waals surface area contributed by atoms with Crippen LogP contribution in [0.4, 0.5) is 5.69 Å². The van der Waals surface area contributed by atoms with E-state index in [2.05, 4.69) is 10.2 Å². The zero-order valence-corrected chi connectivity index (χ0v) is 17.1. The number of carbonyl (C=O) groups is 1. The lowest BCUT2D eigenvalue weighted by Gasteiger charge is -2.25. The molecule has 1 amide bonds. The summed E-state index contributed by atoms with van der Waals surface area (Å²) in [6.45, 7) is 1.14. The van der Waals surface area contributed by atoms with Crippen LogP contribution in [0.2, 0.25) is 5.02 Å². The maximum atomic E-state index is 12.7. The van der Waals surface area contributed by atoms with E-state index >= 15 is 0 Å². The van der Waals surface area contributed by atoms with Gasteiger partial charge in [0.05, 0.1) is 27.9 Å². The van der Waals surface area contributed by atoms with Gasteiger partial charge in [-0.15, -0.1) is 0 Å². The highest BCUT2D eigenvalue weighted by atomic mass is 35.5. The second-order valence-electron chi connectivity index (χ2n) is 6.61. The van der Waals surface area contributed by atoms with E-state index in [1.54, 1.807) is 33.5 Å². The summed E-state index contributed by atoms with van der Waals surface area (Å²) in [6.07, 6.45) is 2.02. The Kier molecular flexibility index (Phi) is 6.65. The molecule has 1 fully saturated rings. The maximum Gasteiger partial charge on any atom is 0.238 e. The molecule has 0 spiro atoms. The number of methoxy groups -OCH3 is 3. The molecule has 2 aromatic carbocycles. The van der Waals surface area contributed by atoms with E-state index in [4.69, 9.17) is 25.8 Å². The number of carbonyl (C=O) groups excluding carboxylic acids is 1. The second kappa shape index (κ2) is 9.17. The topological polar surface area (TPSA) is 60.0 Å². The molecule has 1 atom stereocenters. The fourth-order valence-electron chi connectivity index (χ4n) is 3.65. The SMILES string of the molecule is COc1cc(NC(=O)CN2CCCC2c2ccccc2Cl)cc(OC)c1OC. The van der Waals surface area contributed by atoms with Gasteiger partial charge in [-0.1, -0.05) is 29.8 Å². The average Bonchev–Trinajstić information content (AvgIpc) is 3.15. The lowest BCUT2D eigenvalue weighted by molar-refractivity contribution is -0.117. The molecule has 1 saturated heterocycles. The Bertz CT molecular complexity index is 818. The van der Waals surface area contributed by atoms with Gasteiger partial charge >= 0.3 is 0 Å². The number of benzene rings is 2. The minimum atomic E-state index is -0.103. The average molecular weight is 405 g/mol. The van der Waals surface area contributed by atoms with Crippen LogP contribution in [0.3, 0.4) is 0 Å². The lowest BCUT2D eigenvalue weighted by Crippen LogP contribution is -2.33. The van der Waals surface area contributed by atoms with Gasteiger partial charge in [0.25, 0.3) is 0 Å². The van der Waals surface area contributed by atoms with Crippen molar-refractivity contribution in [2.24, 2.45) is 0 Å². The summed E-state index contributed by atoms with van der Waals surface area (Å²) in [7, 11) is 4.63. The molecule has 6 nitrogen and oxygen atoms in total. The molecule has 1 heterocycles. The first-order chi connectivity index (χ1) is 13.6. The standard InChI is InChI=1S/C21H25ClN2O4/c1-26-18-11-14(12-19(27-2)21(18)28-3)23-20(25)13-24-10-6-9-17(24)15-7-4-5-8-16(15)22/h4-5,7-8,11-12,17H,6,9-10,13H2,1-3H3,(H,23,25). The molecular weight excluding hydrogens is 380 g/mol. The summed E-state index contributed by atoms with van der Waals surface area (Å²) in [4.78, 5) is 14.8. The van der Waals surface area contributed by atoms with Crippen LogP contribution in [0.15, 0.2) is 36.4 Å². The first-order valence-corrected chi connectivity index (χ1v) is 9.53. The van der Waals surface area contributed by atoms with Gasteiger partial charge in [-0.2, -0.15) is 0 Å². The van der Waals surface area contributed by atoms with Crippen LogP contribution in [0.5, 0.6) is 17.2 Å². The Hall–Kier alpha value is -2.44. The summed E-state index contributed by atoms with van der Waals surface area (Å²) >= 11 is 6.36. The van der Waals surface area contributed by atoms with Gasteiger partial charge in [-0.3, -0.25) is 9.69 Å². The molecule has 1 N–H and O–H groups in total. The Morgan fingerprint density at radius 2 is 1.82 bits per heavy atom. The van der Waals surface area contributed by atoms with Crippen LogP contribution < -0.4 is 19.5 Å². The number of hydrogen-bond donors (Lipinski definition) is 1. The molecule has 0 bridgehead atoms. The van der Waals surface area contributed by atoms with Crippen molar-refractivity contribution in [1.29, 1.82) is 0 Å². The molecule has 1 aliphatic heterocycles. The summed E-state index contributed by atoms with van der Waals surface area (Å²) in [5, 5.41) is 3.67. The van der Waals surface area contributed by atoms with Crippen molar-refractivity contribution in [2.75, 3.05) is 39.7 Å². The Balaban J connectivity index is 1.72. The third-order valence-corrected chi connectivity index (χ3v) is 5.27. The Labute approximate surface area is 170 Å². The molecule has 0 saturated carbocycles. The van der Waals surface area contributed by atoms with Crippen LogP contribution in [0.25, 0.3) is 0 Å². The van der Waals surface area contributed by atoms with E-state index in [-0.39, 0.29) is 18.5 Å². The van der Waals surface area contributed by atoms with E-state index in [9.17, 15) is 4.79 Å². The first-order valence-electron chi connectivity index (χ1n) is 9.15. The van der Waals surface area contributed by atoms with Gasteiger partial charge < -0.3 is 19.5 Å². The molecule has 2 aromatic rings. The fraction of sp³-hybridized carbons (Fsp3) is 0.381. The van der Waals surface area contributed by atoms with Gasteiger partial charge in [-0.25, -0.2) is 0 Å². The molecule has 1 aliphatic rings. The smallest absolute Gasteiger partial charge is 0.238 e. The molecule has 7 heteroatoms. The zero-order valence-electron chi connectivity index (χ0n) is 16.3. The lowest BCUT2D eigenvalue weighted by atomic mass is 10.0. The van der Waals surface area contributed by atoms with Crippen molar-refractivity contribution in [3.8, 4) is 17.2 Å². The van der Waals surface area contributed by atoms with Gasteiger partial charge in [0.15, 0.2) is 11.5 Å². The second-order valence-corrected chi connectivity index (χ2v) is 7.02. The number of halogens is 1. The normalized spacial score (nSPS) is 16.6. The number of rotatable bonds is 7. The predicted octanol–water partition coefficient (Wildman–Crippen LogP) is 4.14. The Morgan fingerprint density at radius 1 is 1.14 bits per heavy atom. The van der Waals surface area contributed by atoms with Crippen LogP contribution in [-0.4, -0.2) is 45.2 Å². The van der Waals surface area contributed by atoms with Gasteiger partial charge in [0, 0.05) is 28.9 Å². The molecule has 1 unspecified atom stereocenters. The molecule has 150 valence electrons. The third kappa shape index (κ3) is 4.34. The number of hydrogen-bond acceptors (Lipinski definition) is 5. The molecule has 0 aliphatic carbocycles. The summed E-state index contributed by atoms with van der Waals surface area (Å²) in [5.41, 5.74) is 1.66. The summed E-state index contributed by atoms with van der Waals surface area (Å²) in [5.74, 6) is 1.37. The highest BCUT2D eigenvalue weighted by molar-refractivity contribution is 6.31. The number of amides is 1. The zero-order chi connectivity index (χ0) is 20.1. The highest BCUT2D eigenvalue weighted by Gasteiger charge is 2.29. The highest BCUT2D eigenvalue weighted by Crippen LogP contribution is 2.40. The van der Waals surface area contributed by atoms with Crippen LogP contribution in [0, 0.1) is 0 Å². The number of ether oxygens (including phenoxy) is 3. The molecular formula is C21H25ClN2O4. The summed E-state index contributed by atoms with van der Waals surface area (Å²) in [6, 6.07) is 11.4. The quantitative estimate of drug-likeness (QED) is 0.751. The fourth-order valence-corrected chi connectivity index (χ4v) is 3.91. The van der Waals surface area contributed by atoms with Crippen LogP contribution in [-0.2, 0) is 4.79 Å². The number of anilines is 1. The van der Waals surface area contributed by atoms with E-state index < -0.39 is 0 Å². The predicted molar refractivity (Wildman–Crippen MR) is 110 cm³/mol. The van der Waals surface area contributed by atoms with Crippen molar-refractivity contribution in [2.45, 2.75) is 18.9 Å². The number of likely N-dealkylation sites (tertiary alicyclic amines) is 1. The van der Waals surface area contributed by atoms with E-state index in [1.165, 1.54) is 0 Å². The largest absolute Gasteiger partial charge is 0.493 e. The van der Waals surface area contributed by atoms with E-state index in [1.807, 2.05) is 24.3 Å². The van der Waals surface area contributed by atoms with Crippen molar-refractivity contribution in [1.82, 2.24) is 4.90 Å². The number of nitrogens with zero attached hydrogens (tertiary/aromatic N) is 1. The maximum absolute atomic E-state index is 12.7. The van der Waals surface area contributed by atoms with Gasteiger partial charge in [0.2, 0.25) is 11.7 Å². The molecule has 0 radical (unpaired) electrons. The minimum absolute atomic E-state index is 0.103. The molecule has 28 heavy (non-hydrogen) atoms. The van der Waals surface area contributed by atoms with E-state index in [0.29, 0.717) is 22.9 Å². The third-order valence-electron chi connectivity index (χ3n) is 4.92. The molecule has 3 rings (SSSR count). The first kappa shape index (κ1) is 20.3. The summed E-state index contributed by atoms with van der Waals surface area (Å²) < 4.78 is 16.0. The van der Waals surface area contributed by atoms with Crippen molar-refractivity contribution in [3.05, 3.63) is 47.0 Å². The van der Waals surface area contributed by atoms with Crippen molar-refractivity contribution in [3.63, 3.8) is 0 Å². The number of nitrogens with one attached hydrogen (secondary N) is 1. The van der Waals surface area contributed by atoms with Gasteiger partial charge in [-0.05, 0) is 31.0 Å². The molecule has 0 aromatic heterocycles. The van der Waals surface area contributed by atoms with Crippen LogP contribution >= 0.6 is 11.6 Å². The van der Waals surface area contributed by atoms with Crippen molar-refractivity contribution >= 4 is 23.2 Å².